The monoisotopic (exact) mass is 420 g/mol. The molecule has 0 saturated carbocycles. The number of nitrogens with one attached hydrogen (secondary N) is 1. The van der Waals surface area contributed by atoms with Gasteiger partial charge in [0.05, 0.1) is 33.9 Å². The molecule has 0 aromatic heterocycles. The van der Waals surface area contributed by atoms with E-state index in [0.29, 0.717) is 25.4 Å². The van der Waals surface area contributed by atoms with Crippen LogP contribution in [0.2, 0.25) is 0 Å². The van der Waals surface area contributed by atoms with Gasteiger partial charge in [-0.15, -0.1) is 0 Å². The number of hydrogen-bond acceptors (Lipinski definition) is 6. The highest BCUT2D eigenvalue weighted by molar-refractivity contribution is 7.89. The second kappa shape index (κ2) is 9.25. The Kier molecular flexibility index (Phi) is 6.73. The summed E-state index contributed by atoms with van der Waals surface area (Å²) in [5, 5.41) is 0. The number of methoxy groups -OCH3 is 2. The second-order valence-electron chi connectivity index (χ2n) is 6.45. The van der Waals surface area contributed by atoms with Crippen molar-refractivity contribution in [1.29, 1.82) is 0 Å². The third kappa shape index (κ3) is 5.06. The first kappa shape index (κ1) is 21.1. The summed E-state index contributed by atoms with van der Waals surface area (Å²) in [5.74, 6) is 0.220. The summed E-state index contributed by atoms with van der Waals surface area (Å²) in [6.07, 6.45) is -0.232. The van der Waals surface area contributed by atoms with Crippen molar-refractivity contribution in [2.24, 2.45) is 0 Å². The van der Waals surface area contributed by atoms with E-state index in [-0.39, 0.29) is 29.2 Å². The van der Waals surface area contributed by atoms with Crippen LogP contribution in [0.3, 0.4) is 0 Å². The number of benzene rings is 2. The third-order valence-corrected chi connectivity index (χ3v) is 6.09. The Bertz CT molecular complexity index is 949. The molecule has 1 fully saturated rings. The van der Waals surface area contributed by atoms with Gasteiger partial charge in [-0.2, -0.15) is 0 Å². The Morgan fingerprint density at radius 1 is 1.17 bits per heavy atom. The summed E-state index contributed by atoms with van der Waals surface area (Å²) >= 11 is 0. The average Bonchev–Trinajstić information content (AvgIpc) is 2.77. The number of amides is 1. The maximum absolute atomic E-state index is 12.7. The maximum atomic E-state index is 12.7. The van der Waals surface area contributed by atoms with Gasteiger partial charge in [0.15, 0.2) is 0 Å². The molecule has 2 aromatic carbocycles. The molecule has 1 aliphatic rings. The minimum absolute atomic E-state index is 0.0868. The van der Waals surface area contributed by atoms with Gasteiger partial charge < -0.3 is 19.1 Å². The molecule has 1 unspecified atom stereocenters. The lowest BCUT2D eigenvalue weighted by Crippen LogP contribution is -2.46. The molecule has 1 amide bonds. The topological polar surface area (TPSA) is 94.2 Å². The lowest BCUT2D eigenvalue weighted by atomic mass is 10.1. The van der Waals surface area contributed by atoms with E-state index < -0.39 is 10.0 Å². The second-order valence-corrected chi connectivity index (χ2v) is 8.19. The molecular weight excluding hydrogens is 396 g/mol. The lowest BCUT2D eigenvalue weighted by Gasteiger charge is -2.33. The molecule has 1 aliphatic heterocycles. The lowest BCUT2D eigenvalue weighted by molar-refractivity contribution is -0.137. The fraction of sp³-hybridized carbons (Fsp3) is 0.350. The zero-order chi connectivity index (χ0) is 20.9. The predicted octanol–water partition coefficient (Wildman–Crippen LogP) is 1.58. The molecule has 0 bridgehead atoms. The molecule has 1 N–H and O–H groups in total. The van der Waals surface area contributed by atoms with Crippen LogP contribution in [0.15, 0.2) is 53.4 Å². The quantitative estimate of drug-likeness (QED) is 0.731. The van der Waals surface area contributed by atoms with E-state index in [9.17, 15) is 13.2 Å². The van der Waals surface area contributed by atoms with Gasteiger partial charge in [0.1, 0.15) is 22.5 Å². The number of sulfonamides is 1. The van der Waals surface area contributed by atoms with Gasteiger partial charge in [-0.05, 0) is 17.7 Å². The van der Waals surface area contributed by atoms with Crippen molar-refractivity contribution in [3.63, 3.8) is 0 Å². The molecule has 0 radical (unpaired) electrons. The molecule has 0 aliphatic carbocycles. The van der Waals surface area contributed by atoms with E-state index >= 15 is 0 Å². The predicted molar refractivity (Wildman–Crippen MR) is 106 cm³/mol. The van der Waals surface area contributed by atoms with Crippen LogP contribution in [0.5, 0.6) is 11.5 Å². The first-order chi connectivity index (χ1) is 13.9. The molecule has 1 atom stereocenters. The van der Waals surface area contributed by atoms with Gasteiger partial charge in [0.2, 0.25) is 15.9 Å². The maximum Gasteiger partial charge on any atom is 0.244 e. The van der Waals surface area contributed by atoms with E-state index in [2.05, 4.69) is 4.72 Å². The summed E-state index contributed by atoms with van der Waals surface area (Å²) in [7, 11) is -1.15. The number of morpholine rings is 1. The van der Waals surface area contributed by atoms with Crippen LogP contribution in [0.1, 0.15) is 11.7 Å². The van der Waals surface area contributed by atoms with Crippen LogP contribution < -0.4 is 14.2 Å². The van der Waals surface area contributed by atoms with Gasteiger partial charge in [-0.1, -0.05) is 30.3 Å². The van der Waals surface area contributed by atoms with Crippen LogP contribution in [0.4, 0.5) is 0 Å². The van der Waals surface area contributed by atoms with Gasteiger partial charge in [0.25, 0.3) is 0 Å². The van der Waals surface area contributed by atoms with E-state index in [1.54, 1.807) is 11.0 Å². The minimum atomic E-state index is -3.97. The van der Waals surface area contributed by atoms with E-state index in [1.165, 1.54) is 26.4 Å². The summed E-state index contributed by atoms with van der Waals surface area (Å²) in [4.78, 5) is 14.1. The SMILES string of the molecule is COc1ccc(OC)c(S(=O)(=O)NCC(=O)N2CCOC(c3ccccc3)C2)c1. The van der Waals surface area contributed by atoms with Crippen molar-refractivity contribution in [2.75, 3.05) is 40.5 Å². The smallest absolute Gasteiger partial charge is 0.244 e. The van der Waals surface area contributed by atoms with Crippen LogP contribution in [-0.4, -0.2) is 59.7 Å². The first-order valence-electron chi connectivity index (χ1n) is 9.10. The van der Waals surface area contributed by atoms with Crippen molar-refractivity contribution >= 4 is 15.9 Å². The fourth-order valence-electron chi connectivity index (χ4n) is 3.09. The number of rotatable bonds is 7. The molecule has 156 valence electrons. The summed E-state index contributed by atoms with van der Waals surface area (Å²) in [6, 6.07) is 14.1. The summed E-state index contributed by atoms with van der Waals surface area (Å²) in [5.41, 5.74) is 0.978. The van der Waals surface area contributed by atoms with Crippen LogP contribution in [-0.2, 0) is 19.6 Å². The zero-order valence-electron chi connectivity index (χ0n) is 16.3. The molecule has 2 aromatic rings. The molecule has 9 heteroatoms. The molecule has 29 heavy (non-hydrogen) atoms. The minimum Gasteiger partial charge on any atom is -0.497 e. The number of hydrogen-bond donors (Lipinski definition) is 1. The van der Waals surface area contributed by atoms with Gasteiger partial charge in [-0.25, -0.2) is 13.1 Å². The van der Waals surface area contributed by atoms with Crippen molar-refractivity contribution in [3.8, 4) is 11.5 Å². The molecular formula is C20H24N2O6S. The Hall–Kier alpha value is -2.62. The average molecular weight is 420 g/mol. The molecule has 8 nitrogen and oxygen atoms in total. The third-order valence-electron chi connectivity index (χ3n) is 4.66. The first-order valence-corrected chi connectivity index (χ1v) is 10.6. The van der Waals surface area contributed by atoms with Crippen molar-refractivity contribution in [2.45, 2.75) is 11.0 Å². The van der Waals surface area contributed by atoms with Gasteiger partial charge in [-0.3, -0.25) is 4.79 Å². The molecule has 1 saturated heterocycles. The Balaban J connectivity index is 1.67. The summed E-state index contributed by atoms with van der Waals surface area (Å²) in [6.45, 7) is 0.811. The van der Waals surface area contributed by atoms with Crippen molar-refractivity contribution in [1.82, 2.24) is 9.62 Å². The zero-order valence-corrected chi connectivity index (χ0v) is 17.1. The van der Waals surface area contributed by atoms with E-state index in [1.807, 2.05) is 30.3 Å². The molecule has 3 rings (SSSR count). The highest BCUT2D eigenvalue weighted by Crippen LogP contribution is 2.28. The van der Waals surface area contributed by atoms with Crippen LogP contribution >= 0.6 is 0 Å². The van der Waals surface area contributed by atoms with E-state index in [4.69, 9.17) is 14.2 Å². The Morgan fingerprint density at radius 2 is 1.93 bits per heavy atom. The highest BCUT2D eigenvalue weighted by atomic mass is 32.2. The standard InChI is InChI=1S/C20H24N2O6S/c1-26-16-8-9-17(27-2)19(12-16)29(24,25)21-13-20(23)22-10-11-28-18(14-22)15-6-4-3-5-7-15/h3-9,12,18,21H,10-11,13-14H2,1-2H3. The summed E-state index contributed by atoms with van der Waals surface area (Å²) < 4.78 is 43.7. The van der Waals surface area contributed by atoms with Gasteiger partial charge >= 0.3 is 0 Å². The van der Waals surface area contributed by atoms with Crippen LogP contribution in [0, 0.1) is 0 Å². The fourth-order valence-corrected chi connectivity index (χ4v) is 4.24. The Morgan fingerprint density at radius 3 is 2.62 bits per heavy atom. The molecule has 0 spiro atoms. The van der Waals surface area contributed by atoms with E-state index in [0.717, 1.165) is 5.56 Å². The van der Waals surface area contributed by atoms with Crippen molar-refractivity contribution < 1.29 is 27.4 Å². The number of carbonyl (C=O) groups is 1. The van der Waals surface area contributed by atoms with Gasteiger partial charge in [0, 0.05) is 12.6 Å². The van der Waals surface area contributed by atoms with Crippen molar-refractivity contribution in [3.05, 3.63) is 54.1 Å². The number of nitrogens with zero attached hydrogens (tertiary/aromatic N) is 1. The van der Waals surface area contributed by atoms with Crippen LogP contribution in [0.25, 0.3) is 0 Å². The number of ether oxygens (including phenoxy) is 3. The number of carbonyl (C=O) groups excluding carboxylic acids is 1. The highest BCUT2D eigenvalue weighted by Gasteiger charge is 2.27. The Labute approximate surface area is 170 Å². The normalized spacial score (nSPS) is 17.0. The molecule has 1 heterocycles. The largest absolute Gasteiger partial charge is 0.497 e.